The van der Waals surface area contributed by atoms with E-state index in [4.69, 9.17) is 4.98 Å². The van der Waals surface area contributed by atoms with Crippen molar-refractivity contribution in [3.05, 3.63) is 42.2 Å². The zero-order chi connectivity index (χ0) is 19.8. The van der Waals surface area contributed by atoms with Crippen molar-refractivity contribution >= 4 is 16.7 Å². The second-order valence-corrected chi connectivity index (χ2v) is 8.45. The number of fused-ring (bicyclic) bond motifs is 2. The van der Waals surface area contributed by atoms with Crippen LogP contribution in [0.15, 0.2) is 30.6 Å². The van der Waals surface area contributed by atoms with Crippen LogP contribution in [0.5, 0.6) is 0 Å². The molecule has 0 bridgehead atoms. The third-order valence-electron chi connectivity index (χ3n) is 6.40. The first-order valence-corrected chi connectivity index (χ1v) is 10.7. The molecule has 0 radical (unpaired) electrons. The molecule has 2 aliphatic heterocycles. The molecule has 0 atom stereocenters. The van der Waals surface area contributed by atoms with E-state index in [1.165, 1.54) is 18.7 Å². The van der Waals surface area contributed by atoms with Crippen molar-refractivity contribution in [2.24, 2.45) is 5.92 Å². The number of ketones is 1. The van der Waals surface area contributed by atoms with Crippen LogP contribution in [0.25, 0.3) is 22.2 Å². The predicted octanol–water partition coefficient (Wildman–Crippen LogP) is 3.28. The molecule has 0 spiro atoms. The molecular formula is C23H27N5O. The fourth-order valence-electron chi connectivity index (χ4n) is 4.58. The van der Waals surface area contributed by atoms with Gasteiger partial charge in [-0.15, -0.1) is 0 Å². The van der Waals surface area contributed by atoms with E-state index >= 15 is 0 Å². The summed E-state index contributed by atoms with van der Waals surface area (Å²) < 4.78 is 2.33. The summed E-state index contributed by atoms with van der Waals surface area (Å²) in [6, 6.07) is 6.30. The lowest BCUT2D eigenvalue weighted by Crippen LogP contribution is -2.34. The average Bonchev–Trinajstić information content (AvgIpc) is 3.18. The molecule has 0 aliphatic carbocycles. The molecule has 1 saturated heterocycles. The molecule has 0 N–H and O–H groups in total. The number of carbonyl (C=O) groups excluding carboxylic acids is 1. The molecule has 1 aromatic carbocycles. The van der Waals surface area contributed by atoms with Gasteiger partial charge in [-0.1, -0.05) is 12.1 Å². The molecule has 150 valence electrons. The fourth-order valence-corrected chi connectivity index (χ4v) is 4.58. The SMILES string of the molecule is CN1CCC(C(=O)Cc2ncc3ccc(-c4cnc5n4CCCC5)cc3n2)CC1. The first kappa shape index (κ1) is 18.4. The van der Waals surface area contributed by atoms with E-state index in [-0.39, 0.29) is 11.7 Å². The van der Waals surface area contributed by atoms with Gasteiger partial charge in [-0.2, -0.15) is 0 Å². The van der Waals surface area contributed by atoms with Gasteiger partial charge >= 0.3 is 0 Å². The van der Waals surface area contributed by atoms with E-state index in [1.54, 1.807) is 0 Å². The molecule has 0 amide bonds. The van der Waals surface area contributed by atoms with Gasteiger partial charge in [0, 0.05) is 36.0 Å². The predicted molar refractivity (Wildman–Crippen MR) is 113 cm³/mol. The number of aryl methyl sites for hydroxylation is 1. The Balaban J connectivity index is 1.40. The van der Waals surface area contributed by atoms with Crippen LogP contribution in [0.2, 0.25) is 0 Å². The smallest absolute Gasteiger partial charge is 0.143 e. The first-order valence-electron chi connectivity index (χ1n) is 10.7. The molecule has 0 saturated carbocycles. The second-order valence-electron chi connectivity index (χ2n) is 8.45. The number of Topliss-reactive ketones (excluding diaryl/α,β-unsaturated/α-hetero) is 1. The molecule has 6 heteroatoms. The van der Waals surface area contributed by atoms with Gasteiger partial charge in [-0.05, 0) is 51.9 Å². The van der Waals surface area contributed by atoms with Gasteiger partial charge in [0.05, 0.1) is 23.8 Å². The Bertz CT molecular complexity index is 1050. The van der Waals surface area contributed by atoms with Gasteiger partial charge in [-0.3, -0.25) is 4.79 Å². The number of likely N-dealkylation sites (tertiary alicyclic amines) is 1. The van der Waals surface area contributed by atoms with E-state index in [2.05, 4.69) is 44.7 Å². The van der Waals surface area contributed by atoms with Crippen LogP contribution in [0.1, 0.15) is 37.3 Å². The highest BCUT2D eigenvalue weighted by Crippen LogP contribution is 2.27. The van der Waals surface area contributed by atoms with Crippen molar-refractivity contribution in [1.29, 1.82) is 0 Å². The van der Waals surface area contributed by atoms with Crippen LogP contribution >= 0.6 is 0 Å². The third kappa shape index (κ3) is 3.69. The summed E-state index contributed by atoms with van der Waals surface area (Å²) in [6.07, 6.45) is 9.52. The Labute approximate surface area is 171 Å². The maximum Gasteiger partial charge on any atom is 0.143 e. The maximum absolute atomic E-state index is 12.7. The lowest BCUT2D eigenvalue weighted by atomic mass is 9.91. The van der Waals surface area contributed by atoms with Gasteiger partial charge in [0.25, 0.3) is 0 Å². The molecule has 5 rings (SSSR count). The molecule has 0 unspecified atom stereocenters. The topological polar surface area (TPSA) is 63.9 Å². The highest BCUT2D eigenvalue weighted by atomic mass is 16.1. The minimum atomic E-state index is 0.148. The van der Waals surface area contributed by atoms with Crippen molar-refractivity contribution in [2.75, 3.05) is 20.1 Å². The molecule has 2 aromatic heterocycles. The summed E-state index contributed by atoms with van der Waals surface area (Å²) in [5.74, 6) is 2.24. The molecule has 29 heavy (non-hydrogen) atoms. The Hall–Kier alpha value is -2.60. The number of rotatable bonds is 4. The van der Waals surface area contributed by atoms with Crippen molar-refractivity contribution in [1.82, 2.24) is 24.4 Å². The molecule has 1 fully saturated rings. The number of carbonyl (C=O) groups is 1. The second kappa shape index (κ2) is 7.67. The summed E-state index contributed by atoms with van der Waals surface area (Å²) in [5.41, 5.74) is 3.18. The Morgan fingerprint density at radius 1 is 1.10 bits per heavy atom. The molecule has 6 nitrogen and oxygen atoms in total. The van der Waals surface area contributed by atoms with Crippen molar-refractivity contribution in [2.45, 2.75) is 45.1 Å². The van der Waals surface area contributed by atoms with Gasteiger partial charge in [0.2, 0.25) is 0 Å². The van der Waals surface area contributed by atoms with Gasteiger partial charge in [-0.25, -0.2) is 15.0 Å². The van der Waals surface area contributed by atoms with Crippen LogP contribution in [0.3, 0.4) is 0 Å². The van der Waals surface area contributed by atoms with E-state index in [0.29, 0.717) is 12.2 Å². The van der Waals surface area contributed by atoms with Crippen molar-refractivity contribution in [3.63, 3.8) is 0 Å². The largest absolute Gasteiger partial charge is 0.328 e. The number of hydrogen-bond donors (Lipinski definition) is 0. The number of piperidine rings is 1. The van der Waals surface area contributed by atoms with Crippen LogP contribution in [-0.4, -0.2) is 50.3 Å². The zero-order valence-corrected chi connectivity index (χ0v) is 17.0. The summed E-state index contributed by atoms with van der Waals surface area (Å²) in [6.45, 7) is 3.02. The van der Waals surface area contributed by atoms with Crippen molar-refractivity contribution in [3.8, 4) is 11.3 Å². The van der Waals surface area contributed by atoms with Crippen LogP contribution < -0.4 is 0 Å². The quantitative estimate of drug-likeness (QED) is 0.685. The van der Waals surface area contributed by atoms with E-state index in [0.717, 1.165) is 61.1 Å². The van der Waals surface area contributed by atoms with Gasteiger partial charge < -0.3 is 9.47 Å². The lowest BCUT2D eigenvalue weighted by Gasteiger charge is -2.27. The van der Waals surface area contributed by atoms with Crippen LogP contribution in [-0.2, 0) is 24.2 Å². The minimum absolute atomic E-state index is 0.148. The lowest BCUT2D eigenvalue weighted by molar-refractivity contribution is -0.123. The fraction of sp³-hybridized carbons (Fsp3) is 0.478. The molecule has 2 aliphatic rings. The summed E-state index contributed by atoms with van der Waals surface area (Å²) in [5, 5.41) is 1.00. The van der Waals surface area contributed by atoms with Gasteiger partial charge in [0.15, 0.2) is 0 Å². The summed E-state index contributed by atoms with van der Waals surface area (Å²) in [7, 11) is 2.11. The average molecular weight is 390 g/mol. The minimum Gasteiger partial charge on any atom is -0.328 e. The summed E-state index contributed by atoms with van der Waals surface area (Å²) in [4.78, 5) is 28.8. The number of hydrogen-bond acceptors (Lipinski definition) is 5. The monoisotopic (exact) mass is 389 g/mol. The summed E-state index contributed by atoms with van der Waals surface area (Å²) >= 11 is 0. The Morgan fingerprint density at radius 3 is 2.83 bits per heavy atom. The molecular weight excluding hydrogens is 362 g/mol. The zero-order valence-electron chi connectivity index (χ0n) is 17.0. The van der Waals surface area contributed by atoms with Crippen molar-refractivity contribution < 1.29 is 4.79 Å². The highest BCUT2D eigenvalue weighted by Gasteiger charge is 2.24. The number of aromatic nitrogens is 4. The normalized spacial score (nSPS) is 18.1. The number of nitrogens with zero attached hydrogens (tertiary/aromatic N) is 5. The molecule has 3 aromatic rings. The molecule has 4 heterocycles. The number of benzene rings is 1. The third-order valence-corrected chi connectivity index (χ3v) is 6.40. The van der Waals surface area contributed by atoms with E-state index < -0.39 is 0 Å². The number of imidazole rings is 1. The Kier molecular flexibility index (Phi) is 4.87. The Morgan fingerprint density at radius 2 is 1.97 bits per heavy atom. The standard InChI is InChI=1S/C23H27N5O/c1-27-10-7-16(8-11-27)21(29)13-22-24-14-18-6-5-17(12-19(18)26-22)20-15-25-23-4-2-3-9-28(20)23/h5-6,12,14-16H,2-4,7-11,13H2,1H3. The van der Waals surface area contributed by atoms with E-state index in [1.807, 2.05) is 12.4 Å². The highest BCUT2D eigenvalue weighted by molar-refractivity contribution is 5.85. The van der Waals surface area contributed by atoms with Gasteiger partial charge in [0.1, 0.15) is 17.4 Å². The maximum atomic E-state index is 12.7. The van der Waals surface area contributed by atoms with Crippen LogP contribution in [0.4, 0.5) is 0 Å². The van der Waals surface area contributed by atoms with Crippen LogP contribution in [0, 0.1) is 5.92 Å². The van der Waals surface area contributed by atoms with E-state index in [9.17, 15) is 4.79 Å². The first-order chi connectivity index (χ1) is 14.2.